The van der Waals surface area contributed by atoms with Crippen LogP contribution in [0.2, 0.25) is 0 Å². The lowest BCUT2D eigenvalue weighted by molar-refractivity contribution is 0.117. The normalized spacial score (nSPS) is 50.7. The summed E-state index contributed by atoms with van der Waals surface area (Å²) in [6.07, 6.45) is 0.134. The van der Waals surface area contributed by atoms with Gasteiger partial charge in [-0.15, -0.1) is 0 Å². The topological polar surface area (TPSA) is 36.0 Å². The van der Waals surface area contributed by atoms with Gasteiger partial charge >= 0.3 is 0 Å². The Balaban J connectivity index is 1.99. The molecule has 2 rings (SSSR count). The third-order valence-electron chi connectivity index (χ3n) is 1.76. The van der Waals surface area contributed by atoms with Crippen LogP contribution in [0.4, 0.5) is 0 Å². The zero-order chi connectivity index (χ0) is 6.43. The monoisotopic (exact) mass is 193 g/mol. The molecule has 4 heteroatoms. The second kappa shape index (κ2) is 1.92. The maximum Gasteiger partial charge on any atom is 0.113 e. The molecule has 2 fully saturated rings. The minimum absolute atomic E-state index is 0.138. The van der Waals surface area contributed by atoms with Crippen molar-refractivity contribution in [1.82, 2.24) is 3.93 Å². The van der Waals surface area contributed by atoms with Crippen LogP contribution in [-0.2, 0) is 4.74 Å². The number of aliphatic hydroxyl groups is 1. The Kier molecular flexibility index (Phi) is 1.30. The van der Waals surface area contributed by atoms with E-state index in [1.54, 1.807) is 0 Å². The first-order valence-corrected chi connectivity index (χ1v) is 3.72. The first-order valence-electron chi connectivity index (χ1n) is 3.01. The molecule has 0 aliphatic carbocycles. The summed E-state index contributed by atoms with van der Waals surface area (Å²) in [6, 6.07) is 0. The van der Waals surface area contributed by atoms with Crippen LogP contribution in [0.15, 0.2) is 0 Å². The predicted octanol–water partition coefficient (Wildman–Crippen LogP) is -0.260. The zero-order valence-electron chi connectivity index (χ0n) is 4.83. The summed E-state index contributed by atoms with van der Waals surface area (Å²) in [6.45, 7) is 1.59. The van der Waals surface area contributed by atoms with Crippen molar-refractivity contribution in [3.8, 4) is 0 Å². The number of nitrogens with zero attached hydrogens (tertiary/aromatic N) is 1. The third kappa shape index (κ3) is 1.00. The van der Waals surface area contributed by atoms with Crippen molar-refractivity contribution in [1.29, 1.82) is 0 Å². The number of epoxide rings is 1. The van der Waals surface area contributed by atoms with Gasteiger partial charge in [-0.2, -0.15) is 0 Å². The Hall–Kier alpha value is 0.360. The second-order valence-electron chi connectivity index (χ2n) is 2.53. The first kappa shape index (κ1) is 6.09. The van der Waals surface area contributed by atoms with Crippen molar-refractivity contribution in [2.24, 2.45) is 0 Å². The van der Waals surface area contributed by atoms with Crippen LogP contribution in [0.1, 0.15) is 0 Å². The molecule has 2 aliphatic heterocycles. The molecule has 0 aromatic heterocycles. The molecular formula is C5H8BrNO2. The summed E-state index contributed by atoms with van der Waals surface area (Å²) >= 11 is 3.29. The molecule has 52 valence electrons. The van der Waals surface area contributed by atoms with Gasteiger partial charge in [-0.25, -0.2) is 3.93 Å². The minimum atomic E-state index is -0.289. The Morgan fingerprint density at radius 3 is 3.00 bits per heavy atom. The molecule has 2 aliphatic rings. The van der Waals surface area contributed by atoms with E-state index in [9.17, 15) is 5.11 Å². The molecule has 2 heterocycles. The number of piperidine rings is 1. The van der Waals surface area contributed by atoms with Crippen LogP contribution in [-0.4, -0.2) is 40.4 Å². The zero-order valence-corrected chi connectivity index (χ0v) is 6.41. The van der Waals surface area contributed by atoms with Gasteiger partial charge in [0.25, 0.3) is 0 Å². The van der Waals surface area contributed by atoms with Crippen LogP contribution in [0.3, 0.4) is 0 Å². The lowest BCUT2D eigenvalue weighted by atomic mass is 10.1. The maximum absolute atomic E-state index is 9.19. The van der Waals surface area contributed by atoms with Gasteiger partial charge in [0.1, 0.15) is 12.2 Å². The maximum atomic E-state index is 9.19. The van der Waals surface area contributed by atoms with E-state index in [2.05, 4.69) is 16.1 Å². The van der Waals surface area contributed by atoms with E-state index in [4.69, 9.17) is 4.74 Å². The van der Waals surface area contributed by atoms with E-state index in [0.717, 1.165) is 6.54 Å². The second-order valence-corrected chi connectivity index (χ2v) is 3.54. The number of fused-ring (bicyclic) bond motifs is 1. The van der Waals surface area contributed by atoms with Gasteiger partial charge in [-0.05, 0) is 0 Å². The quantitative estimate of drug-likeness (QED) is 0.426. The van der Waals surface area contributed by atoms with Gasteiger partial charge < -0.3 is 9.84 Å². The highest BCUT2D eigenvalue weighted by molar-refractivity contribution is 9.07. The first-order chi connectivity index (χ1) is 4.27. The molecule has 3 nitrogen and oxygen atoms in total. The third-order valence-corrected chi connectivity index (χ3v) is 2.34. The number of β-amino-alcohol motifs (C(OH)–C–C–N with tert-alkyl or cyclic N) is 1. The summed E-state index contributed by atoms with van der Waals surface area (Å²) in [5.74, 6) is 0. The molecule has 0 bridgehead atoms. The predicted molar refractivity (Wildman–Crippen MR) is 35.2 cm³/mol. The highest BCUT2D eigenvalue weighted by atomic mass is 79.9. The number of rotatable bonds is 0. The van der Waals surface area contributed by atoms with Gasteiger partial charge in [-0.1, -0.05) is 0 Å². The Bertz CT molecular complexity index is 132. The van der Waals surface area contributed by atoms with Gasteiger partial charge in [0.15, 0.2) is 0 Å². The molecule has 0 aromatic carbocycles. The summed E-state index contributed by atoms with van der Waals surface area (Å²) < 4.78 is 7.05. The van der Waals surface area contributed by atoms with E-state index in [1.165, 1.54) is 0 Å². The average molecular weight is 194 g/mol. The molecule has 0 radical (unpaired) electrons. The SMILES string of the molecule is OC1CN(Br)CC2OC12. The lowest BCUT2D eigenvalue weighted by Crippen LogP contribution is -2.38. The number of ether oxygens (including phenoxy) is 1. The van der Waals surface area contributed by atoms with E-state index >= 15 is 0 Å². The van der Waals surface area contributed by atoms with Crippen molar-refractivity contribution in [2.45, 2.75) is 18.3 Å². The minimum Gasteiger partial charge on any atom is -0.389 e. The molecule has 0 amide bonds. The fourth-order valence-corrected chi connectivity index (χ4v) is 1.80. The Morgan fingerprint density at radius 2 is 2.33 bits per heavy atom. The van der Waals surface area contributed by atoms with Crippen molar-refractivity contribution in [3.63, 3.8) is 0 Å². The van der Waals surface area contributed by atoms with Gasteiger partial charge in [-0.3, -0.25) is 0 Å². The lowest BCUT2D eigenvalue weighted by Gasteiger charge is -2.20. The van der Waals surface area contributed by atoms with Gasteiger partial charge in [0, 0.05) is 29.2 Å². The molecule has 9 heavy (non-hydrogen) atoms. The highest BCUT2D eigenvalue weighted by Crippen LogP contribution is 2.31. The van der Waals surface area contributed by atoms with Crippen LogP contribution in [0, 0.1) is 0 Å². The Labute approximate surface area is 61.9 Å². The number of halogens is 1. The molecule has 0 aromatic rings. The summed E-state index contributed by atoms with van der Waals surface area (Å²) in [5, 5.41) is 9.19. The van der Waals surface area contributed by atoms with Crippen LogP contribution < -0.4 is 0 Å². The van der Waals surface area contributed by atoms with E-state index in [0.29, 0.717) is 6.54 Å². The summed E-state index contributed by atoms with van der Waals surface area (Å²) in [7, 11) is 0. The van der Waals surface area contributed by atoms with Crippen molar-refractivity contribution in [3.05, 3.63) is 0 Å². The molecule has 3 unspecified atom stereocenters. The molecule has 0 saturated carbocycles. The Morgan fingerprint density at radius 1 is 1.56 bits per heavy atom. The van der Waals surface area contributed by atoms with E-state index in [-0.39, 0.29) is 18.3 Å². The standard InChI is InChI=1S/C5H8BrNO2/c6-7-1-3(8)5-4(2-7)9-5/h3-5,8H,1-2H2. The summed E-state index contributed by atoms with van der Waals surface area (Å²) in [4.78, 5) is 0. The molecule has 1 N–H and O–H groups in total. The van der Waals surface area contributed by atoms with Gasteiger partial charge in [0.05, 0.1) is 6.10 Å². The van der Waals surface area contributed by atoms with Gasteiger partial charge in [0.2, 0.25) is 0 Å². The largest absolute Gasteiger partial charge is 0.389 e. The van der Waals surface area contributed by atoms with E-state index in [1.807, 2.05) is 3.93 Å². The molecule has 3 atom stereocenters. The highest BCUT2D eigenvalue weighted by Gasteiger charge is 2.48. The summed E-state index contributed by atoms with van der Waals surface area (Å²) in [5.41, 5.74) is 0. The average Bonchev–Trinajstić information content (AvgIpc) is 2.43. The van der Waals surface area contributed by atoms with Crippen molar-refractivity contribution < 1.29 is 9.84 Å². The van der Waals surface area contributed by atoms with Crippen LogP contribution in [0.5, 0.6) is 0 Å². The van der Waals surface area contributed by atoms with Crippen LogP contribution >= 0.6 is 16.1 Å². The van der Waals surface area contributed by atoms with E-state index < -0.39 is 0 Å². The fourth-order valence-electron chi connectivity index (χ4n) is 1.22. The van der Waals surface area contributed by atoms with Crippen LogP contribution in [0.25, 0.3) is 0 Å². The molecule has 0 spiro atoms. The number of hydrogen-bond acceptors (Lipinski definition) is 3. The molecular weight excluding hydrogens is 186 g/mol. The smallest absolute Gasteiger partial charge is 0.113 e. The number of aliphatic hydroxyl groups excluding tert-OH is 1. The molecule has 2 saturated heterocycles. The number of hydrogen-bond donors (Lipinski definition) is 1. The van der Waals surface area contributed by atoms with Crippen molar-refractivity contribution in [2.75, 3.05) is 13.1 Å². The fraction of sp³-hybridized carbons (Fsp3) is 1.00. The van der Waals surface area contributed by atoms with Crippen molar-refractivity contribution >= 4 is 16.1 Å².